The van der Waals surface area contributed by atoms with Crippen LogP contribution >= 0.6 is 11.3 Å². The van der Waals surface area contributed by atoms with Gasteiger partial charge in [-0.1, -0.05) is 29.8 Å². The normalized spacial score (nSPS) is 12.0. The van der Waals surface area contributed by atoms with E-state index in [0.717, 1.165) is 5.56 Å². The summed E-state index contributed by atoms with van der Waals surface area (Å²) < 4.78 is 4.69. The number of hydrogen-bond donors (Lipinski definition) is 0. The molecule has 0 bridgehead atoms. The van der Waals surface area contributed by atoms with Crippen LogP contribution in [-0.2, 0) is 24.9 Å². The summed E-state index contributed by atoms with van der Waals surface area (Å²) in [6, 6.07) is 8.22. The zero-order chi connectivity index (χ0) is 19.7. The van der Waals surface area contributed by atoms with E-state index >= 15 is 0 Å². The third-order valence-electron chi connectivity index (χ3n) is 4.38. The van der Waals surface area contributed by atoms with E-state index in [-0.39, 0.29) is 12.1 Å². The molecule has 0 radical (unpaired) electrons. The van der Waals surface area contributed by atoms with Crippen molar-refractivity contribution >= 4 is 28.3 Å². The van der Waals surface area contributed by atoms with Gasteiger partial charge in [0.2, 0.25) is 0 Å². The van der Waals surface area contributed by atoms with Crippen LogP contribution in [-0.4, -0.2) is 29.8 Å². The number of amides is 1. The fourth-order valence-corrected chi connectivity index (χ4v) is 3.61. The van der Waals surface area contributed by atoms with Gasteiger partial charge in [-0.3, -0.25) is 18.8 Å². The number of aromatic nitrogens is 5. The summed E-state index contributed by atoms with van der Waals surface area (Å²) in [6.07, 6.45) is 4.71. The van der Waals surface area contributed by atoms with Crippen LogP contribution < -0.4 is 10.4 Å². The number of nitrogens with zero attached hydrogens (tertiary/aromatic N) is 6. The highest BCUT2D eigenvalue weighted by atomic mass is 32.1. The SMILES string of the molecule is Cc1ccc(Cn2ccsc2=NC(=O)Cn2cnc3c(cnn3C)c2=O)cc1. The first-order chi connectivity index (χ1) is 13.5. The molecule has 28 heavy (non-hydrogen) atoms. The molecule has 0 aliphatic carbocycles. The number of rotatable bonds is 4. The van der Waals surface area contributed by atoms with Crippen molar-refractivity contribution in [2.24, 2.45) is 12.0 Å². The molecule has 4 aromatic rings. The average molecular weight is 394 g/mol. The third-order valence-corrected chi connectivity index (χ3v) is 5.17. The highest BCUT2D eigenvalue weighted by molar-refractivity contribution is 7.07. The first-order valence-electron chi connectivity index (χ1n) is 8.65. The summed E-state index contributed by atoms with van der Waals surface area (Å²) in [5.74, 6) is -0.410. The number of hydrogen-bond acceptors (Lipinski definition) is 5. The van der Waals surface area contributed by atoms with Gasteiger partial charge >= 0.3 is 0 Å². The van der Waals surface area contributed by atoms with Gasteiger partial charge < -0.3 is 4.57 Å². The van der Waals surface area contributed by atoms with Gasteiger partial charge in [-0.25, -0.2) is 4.98 Å². The lowest BCUT2D eigenvalue weighted by atomic mass is 10.1. The smallest absolute Gasteiger partial charge is 0.268 e. The Hall–Kier alpha value is -3.33. The zero-order valence-corrected chi connectivity index (χ0v) is 16.3. The molecule has 0 spiro atoms. The van der Waals surface area contributed by atoms with Crippen LogP contribution in [0.2, 0.25) is 0 Å². The predicted molar refractivity (Wildman–Crippen MR) is 106 cm³/mol. The second kappa shape index (κ2) is 7.35. The van der Waals surface area contributed by atoms with Gasteiger partial charge in [0.05, 0.1) is 6.20 Å². The average Bonchev–Trinajstić information content (AvgIpc) is 3.26. The van der Waals surface area contributed by atoms with E-state index in [2.05, 4.69) is 39.3 Å². The lowest BCUT2D eigenvalue weighted by Gasteiger charge is -2.04. The van der Waals surface area contributed by atoms with Crippen molar-refractivity contribution in [3.8, 4) is 0 Å². The molecule has 1 amide bonds. The van der Waals surface area contributed by atoms with Crippen LogP contribution in [0, 0.1) is 6.92 Å². The van der Waals surface area contributed by atoms with Gasteiger partial charge in [0, 0.05) is 25.2 Å². The minimum atomic E-state index is -0.410. The zero-order valence-electron chi connectivity index (χ0n) is 15.4. The molecule has 0 unspecified atom stereocenters. The molecule has 9 heteroatoms. The maximum atomic E-state index is 12.5. The molecule has 142 valence electrons. The van der Waals surface area contributed by atoms with E-state index in [1.54, 1.807) is 7.05 Å². The molecule has 3 aromatic heterocycles. The van der Waals surface area contributed by atoms with Gasteiger partial charge in [0.15, 0.2) is 10.4 Å². The molecule has 4 rings (SSSR count). The van der Waals surface area contributed by atoms with Gasteiger partial charge in [-0.05, 0) is 12.5 Å². The number of carbonyl (C=O) groups excluding carboxylic acids is 1. The van der Waals surface area contributed by atoms with Crippen LogP contribution in [0.15, 0.2) is 58.2 Å². The molecule has 0 aliphatic rings. The second-order valence-corrected chi connectivity index (χ2v) is 7.36. The van der Waals surface area contributed by atoms with Crippen LogP contribution in [0.1, 0.15) is 11.1 Å². The monoisotopic (exact) mass is 394 g/mol. The first-order valence-corrected chi connectivity index (χ1v) is 9.53. The molecule has 3 heterocycles. The van der Waals surface area contributed by atoms with Crippen molar-refractivity contribution in [1.82, 2.24) is 23.9 Å². The van der Waals surface area contributed by atoms with E-state index in [1.807, 2.05) is 23.1 Å². The Kier molecular flexibility index (Phi) is 4.74. The van der Waals surface area contributed by atoms with Crippen molar-refractivity contribution in [2.45, 2.75) is 20.0 Å². The molecule has 0 N–H and O–H groups in total. The van der Waals surface area contributed by atoms with Crippen LogP contribution in [0.25, 0.3) is 11.0 Å². The summed E-state index contributed by atoms with van der Waals surface area (Å²) in [5, 5.41) is 6.29. The Morgan fingerprint density at radius 2 is 2.00 bits per heavy atom. The molecular weight excluding hydrogens is 376 g/mol. The van der Waals surface area contributed by atoms with E-state index in [9.17, 15) is 9.59 Å². The Labute approximate surface area is 164 Å². The molecule has 0 aliphatic heterocycles. The predicted octanol–water partition coefficient (Wildman–Crippen LogP) is 1.48. The maximum absolute atomic E-state index is 12.5. The second-order valence-electron chi connectivity index (χ2n) is 6.49. The van der Waals surface area contributed by atoms with Crippen molar-refractivity contribution in [3.63, 3.8) is 0 Å². The Balaban J connectivity index is 1.58. The minimum Gasteiger partial charge on any atom is -0.319 e. The minimum absolute atomic E-state index is 0.168. The summed E-state index contributed by atoms with van der Waals surface area (Å²) in [7, 11) is 1.71. The van der Waals surface area contributed by atoms with Gasteiger partial charge in [-0.2, -0.15) is 10.1 Å². The van der Waals surface area contributed by atoms with Gasteiger partial charge in [-0.15, -0.1) is 11.3 Å². The van der Waals surface area contributed by atoms with Crippen LogP contribution in [0.3, 0.4) is 0 Å². The van der Waals surface area contributed by atoms with Gasteiger partial charge in [0.25, 0.3) is 11.5 Å². The van der Waals surface area contributed by atoms with Crippen molar-refractivity contribution < 1.29 is 4.79 Å². The molecular formula is C19H18N6O2S. The van der Waals surface area contributed by atoms with Crippen LogP contribution in [0.5, 0.6) is 0 Å². The summed E-state index contributed by atoms with van der Waals surface area (Å²) in [4.78, 5) is 33.9. The number of aryl methyl sites for hydroxylation is 2. The van der Waals surface area contributed by atoms with Gasteiger partial charge in [0.1, 0.15) is 18.3 Å². The summed E-state index contributed by atoms with van der Waals surface area (Å²) in [6.45, 7) is 2.50. The lowest BCUT2D eigenvalue weighted by Crippen LogP contribution is -2.25. The van der Waals surface area contributed by atoms with Crippen molar-refractivity contribution in [1.29, 1.82) is 0 Å². The fourth-order valence-electron chi connectivity index (χ4n) is 2.86. The maximum Gasteiger partial charge on any atom is 0.268 e. The molecule has 8 nitrogen and oxygen atoms in total. The topological polar surface area (TPSA) is 87.1 Å². The summed E-state index contributed by atoms with van der Waals surface area (Å²) in [5.41, 5.74) is 2.50. The molecule has 1 aromatic carbocycles. The van der Waals surface area contributed by atoms with E-state index < -0.39 is 5.91 Å². The van der Waals surface area contributed by atoms with E-state index in [4.69, 9.17) is 0 Å². The molecule has 0 saturated heterocycles. The van der Waals surface area contributed by atoms with Crippen molar-refractivity contribution in [3.05, 3.63) is 74.6 Å². The summed E-state index contributed by atoms with van der Waals surface area (Å²) >= 11 is 1.38. The number of fused-ring (bicyclic) bond motifs is 1. The molecule has 0 atom stereocenters. The highest BCUT2D eigenvalue weighted by Crippen LogP contribution is 2.06. The lowest BCUT2D eigenvalue weighted by molar-refractivity contribution is -0.118. The van der Waals surface area contributed by atoms with E-state index in [1.165, 1.54) is 38.7 Å². The first kappa shape index (κ1) is 18.1. The van der Waals surface area contributed by atoms with Crippen LogP contribution in [0.4, 0.5) is 0 Å². The number of carbonyl (C=O) groups is 1. The Morgan fingerprint density at radius 1 is 1.21 bits per heavy atom. The Morgan fingerprint density at radius 3 is 2.79 bits per heavy atom. The van der Waals surface area contributed by atoms with Crippen molar-refractivity contribution in [2.75, 3.05) is 0 Å². The third kappa shape index (κ3) is 3.56. The molecule has 0 fully saturated rings. The highest BCUT2D eigenvalue weighted by Gasteiger charge is 2.10. The quantitative estimate of drug-likeness (QED) is 0.525. The Bertz CT molecular complexity index is 1280. The van der Waals surface area contributed by atoms with E-state index in [0.29, 0.717) is 22.4 Å². The fraction of sp³-hybridized carbons (Fsp3) is 0.211. The largest absolute Gasteiger partial charge is 0.319 e. The number of benzene rings is 1. The standard InChI is InChI=1S/C19H18N6O2S/c1-13-3-5-14(6-4-13)10-24-7-8-28-19(24)22-16(26)11-25-12-20-17-15(18(25)27)9-21-23(17)2/h3-9,12H,10-11H2,1-2H3. The number of thiazole rings is 1. The molecule has 0 saturated carbocycles.